The number of rotatable bonds is 11. The smallest absolute Gasteiger partial charge is 0.396 e. The molecule has 0 radical (unpaired) electrons. The highest BCUT2D eigenvalue weighted by molar-refractivity contribution is 7.47. The van der Waals surface area contributed by atoms with Crippen molar-refractivity contribution in [2.75, 3.05) is 19.8 Å². The maximum Gasteiger partial charge on any atom is 0.474 e. The Morgan fingerprint density at radius 1 is 1.40 bits per heavy atom. The summed E-state index contributed by atoms with van der Waals surface area (Å²) in [7, 11) is -4.29. The quantitative estimate of drug-likeness (QED) is 0.247. The summed E-state index contributed by atoms with van der Waals surface area (Å²) in [6.45, 7) is 2.85. The molecular formula is C11H24NO7P. The van der Waals surface area contributed by atoms with E-state index >= 15 is 0 Å². The van der Waals surface area contributed by atoms with Crippen LogP contribution in [-0.2, 0) is 18.4 Å². The fourth-order valence-corrected chi connectivity index (χ4v) is 2.32. The SMILES string of the molecule is CC(=O)NCCCCC(CO)COP(=O)(O)OC(C)O. The molecule has 0 saturated heterocycles. The van der Waals surface area contributed by atoms with Gasteiger partial charge in [-0.15, -0.1) is 0 Å². The molecule has 8 nitrogen and oxygen atoms in total. The van der Waals surface area contributed by atoms with Crippen molar-refractivity contribution in [1.82, 2.24) is 5.32 Å². The molecule has 3 unspecified atom stereocenters. The van der Waals surface area contributed by atoms with Gasteiger partial charge in [0.15, 0.2) is 6.29 Å². The molecule has 0 aliphatic heterocycles. The number of nitrogens with one attached hydrogen (secondary N) is 1. The number of phosphoric ester groups is 1. The molecule has 3 atom stereocenters. The Hall–Kier alpha value is -0.500. The maximum atomic E-state index is 11.3. The molecule has 120 valence electrons. The third-order valence-electron chi connectivity index (χ3n) is 2.43. The zero-order valence-electron chi connectivity index (χ0n) is 11.8. The summed E-state index contributed by atoms with van der Waals surface area (Å²) < 4.78 is 20.3. The predicted molar refractivity (Wildman–Crippen MR) is 71.7 cm³/mol. The summed E-state index contributed by atoms with van der Waals surface area (Å²) in [5.41, 5.74) is 0. The van der Waals surface area contributed by atoms with Crippen molar-refractivity contribution in [3.8, 4) is 0 Å². The predicted octanol–water partition coefficient (Wildman–Crippen LogP) is 0.373. The van der Waals surface area contributed by atoms with Gasteiger partial charge in [-0.1, -0.05) is 6.42 Å². The Morgan fingerprint density at radius 2 is 2.05 bits per heavy atom. The number of phosphoric acid groups is 1. The summed E-state index contributed by atoms with van der Waals surface area (Å²) in [6.07, 6.45) is 0.667. The highest BCUT2D eigenvalue weighted by Crippen LogP contribution is 2.44. The van der Waals surface area contributed by atoms with E-state index in [9.17, 15) is 14.3 Å². The average molecular weight is 313 g/mol. The fraction of sp³-hybridized carbons (Fsp3) is 0.909. The lowest BCUT2D eigenvalue weighted by molar-refractivity contribution is -0.118. The van der Waals surface area contributed by atoms with E-state index in [2.05, 4.69) is 14.4 Å². The van der Waals surface area contributed by atoms with Crippen molar-refractivity contribution in [2.24, 2.45) is 5.92 Å². The van der Waals surface area contributed by atoms with Crippen molar-refractivity contribution >= 4 is 13.7 Å². The van der Waals surface area contributed by atoms with Gasteiger partial charge in [0.2, 0.25) is 5.91 Å². The summed E-state index contributed by atoms with van der Waals surface area (Å²) in [5.74, 6) is -0.395. The van der Waals surface area contributed by atoms with E-state index in [-0.39, 0.29) is 25.0 Å². The second-order valence-corrected chi connectivity index (χ2v) is 5.90. The van der Waals surface area contributed by atoms with Crippen molar-refractivity contribution < 1.29 is 33.5 Å². The second kappa shape index (κ2) is 10.3. The van der Waals surface area contributed by atoms with Crippen LogP contribution in [0.5, 0.6) is 0 Å². The number of aliphatic hydroxyl groups is 2. The number of carbonyl (C=O) groups is 1. The van der Waals surface area contributed by atoms with E-state index in [0.717, 1.165) is 12.8 Å². The van der Waals surface area contributed by atoms with E-state index in [1.807, 2.05) is 0 Å². The van der Waals surface area contributed by atoms with Gasteiger partial charge < -0.3 is 20.4 Å². The Labute approximate surface area is 118 Å². The van der Waals surface area contributed by atoms with Gasteiger partial charge in [0.25, 0.3) is 0 Å². The number of hydrogen-bond donors (Lipinski definition) is 4. The third-order valence-corrected chi connectivity index (χ3v) is 3.48. The second-order valence-electron chi connectivity index (χ2n) is 4.50. The van der Waals surface area contributed by atoms with Crippen LogP contribution in [-0.4, -0.2) is 47.1 Å². The van der Waals surface area contributed by atoms with Crippen molar-refractivity contribution in [1.29, 1.82) is 0 Å². The molecule has 0 bridgehead atoms. The molecule has 20 heavy (non-hydrogen) atoms. The van der Waals surface area contributed by atoms with Crippen LogP contribution in [0.15, 0.2) is 0 Å². The number of carbonyl (C=O) groups excluding carboxylic acids is 1. The van der Waals surface area contributed by atoms with Gasteiger partial charge in [-0.25, -0.2) is 4.57 Å². The zero-order valence-corrected chi connectivity index (χ0v) is 12.7. The van der Waals surface area contributed by atoms with Gasteiger partial charge in [-0.3, -0.25) is 13.8 Å². The first kappa shape index (κ1) is 19.5. The van der Waals surface area contributed by atoms with Crippen molar-refractivity contribution in [2.45, 2.75) is 39.4 Å². The Morgan fingerprint density at radius 3 is 2.55 bits per heavy atom. The lowest BCUT2D eigenvalue weighted by Crippen LogP contribution is -2.21. The van der Waals surface area contributed by atoms with E-state index < -0.39 is 14.1 Å². The summed E-state index contributed by atoms with van der Waals surface area (Å²) >= 11 is 0. The summed E-state index contributed by atoms with van der Waals surface area (Å²) in [5, 5.41) is 20.6. The molecule has 0 fully saturated rings. The molecule has 1 amide bonds. The number of amides is 1. The van der Waals surface area contributed by atoms with Crippen LogP contribution in [0.2, 0.25) is 0 Å². The van der Waals surface area contributed by atoms with Gasteiger partial charge in [0, 0.05) is 26.0 Å². The molecule has 0 aromatic rings. The lowest BCUT2D eigenvalue weighted by Gasteiger charge is -2.18. The van der Waals surface area contributed by atoms with Crippen molar-refractivity contribution in [3.63, 3.8) is 0 Å². The molecule has 4 N–H and O–H groups in total. The average Bonchev–Trinajstić information content (AvgIpc) is 2.30. The van der Waals surface area contributed by atoms with E-state index in [0.29, 0.717) is 13.0 Å². The number of unbranched alkanes of at least 4 members (excludes halogenated alkanes) is 1. The highest BCUT2D eigenvalue weighted by atomic mass is 31.2. The highest BCUT2D eigenvalue weighted by Gasteiger charge is 2.25. The van der Waals surface area contributed by atoms with Crippen LogP contribution in [0.4, 0.5) is 0 Å². The normalized spacial score (nSPS) is 17.2. The molecule has 0 aliphatic rings. The van der Waals surface area contributed by atoms with Crippen LogP contribution in [0, 0.1) is 5.92 Å². The van der Waals surface area contributed by atoms with Crippen molar-refractivity contribution in [3.05, 3.63) is 0 Å². The molecular weight excluding hydrogens is 289 g/mol. The fourth-order valence-electron chi connectivity index (χ4n) is 1.47. The van der Waals surface area contributed by atoms with Crippen LogP contribution in [0.1, 0.15) is 33.1 Å². The van der Waals surface area contributed by atoms with Crippen LogP contribution in [0.25, 0.3) is 0 Å². The van der Waals surface area contributed by atoms with E-state index in [1.165, 1.54) is 13.8 Å². The number of aliphatic hydroxyl groups excluding tert-OH is 2. The first-order valence-electron chi connectivity index (χ1n) is 6.46. The third kappa shape index (κ3) is 11.3. The molecule has 9 heteroatoms. The van der Waals surface area contributed by atoms with Crippen LogP contribution < -0.4 is 5.32 Å². The largest absolute Gasteiger partial charge is 0.474 e. The molecule has 0 saturated carbocycles. The first-order chi connectivity index (χ1) is 9.26. The summed E-state index contributed by atoms with van der Waals surface area (Å²) in [6, 6.07) is 0. The zero-order chi connectivity index (χ0) is 15.6. The number of hydrogen-bond acceptors (Lipinski definition) is 6. The molecule has 0 heterocycles. The van der Waals surface area contributed by atoms with Gasteiger partial charge in [-0.2, -0.15) is 0 Å². The topological polar surface area (TPSA) is 125 Å². The van der Waals surface area contributed by atoms with E-state index in [4.69, 9.17) is 10.2 Å². The standard InChI is InChI=1S/C11H24NO7P/c1-9(14)12-6-4-3-5-11(7-13)8-18-20(16,17)19-10(2)15/h10-11,13,15H,3-8H2,1-2H3,(H,12,14)(H,16,17). The minimum absolute atomic E-state index is 0.0940. The molecule has 0 aliphatic carbocycles. The minimum atomic E-state index is -4.29. The maximum absolute atomic E-state index is 11.3. The van der Waals surface area contributed by atoms with Crippen LogP contribution in [0.3, 0.4) is 0 Å². The van der Waals surface area contributed by atoms with Gasteiger partial charge in [0.1, 0.15) is 0 Å². The minimum Gasteiger partial charge on any atom is -0.396 e. The first-order valence-corrected chi connectivity index (χ1v) is 7.95. The van der Waals surface area contributed by atoms with Gasteiger partial charge in [0.05, 0.1) is 6.61 Å². The molecule has 0 spiro atoms. The summed E-state index contributed by atoms with van der Waals surface area (Å²) in [4.78, 5) is 19.9. The Balaban J connectivity index is 3.86. The molecule has 0 rings (SSSR count). The Bertz CT molecular complexity index is 324. The monoisotopic (exact) mass is 313 g/mol. The van der Waals surface area contributed by atoms with Gasteiger partial charge >= 0.3 is 7.82 Å². The molecule has 0 aromatic heterocycles. The van der Waals surface area contributed by atoms with Gasteiger partial charge in [-0.05, 0) is 19.8 Å². The van der Waals surface area contributed by atoms with E-state index in [1.54, 1.807) is 0 Å². The van der Waals surface area contributed by atoms with Crippen LogP contribution >= 0.6 is 7.82 Å². The molecule has 0 aromatic carbocycles. The lowest BCUT2D eigenvalue weighted by atomic mass is 10.0. The Kier molecular flexibility index (Phi) is 10.0.